The molecular weight excluding hydrogens is 304 g/mol. The van der Waals surface area contributed by atoms with Crippen LogP contribution in [0.15, 0.2) is 23.1 Å². The molecule has 1 aliphatic rings. The third-order valence-corrected chi connectivity index (χ3v) is 5.30. The van der Waals surface area contributed by atoms with E-state index in [2.05, 4.69) is 14.8 Å². The van der Waals surface area contributed by atoms with Crippen molar-refractivity contribution in [2.24, 2.45) is 5.92 Å². The van der Waals surface area contributed by atoms with Gasteiger partial charge < -0.3 is 10.1 Å². The summed E-state index contributed by atoms with van der Waals surface area (Å²) < 4.78 is 32.0. The van der Waals surface area contributed by atoms with E-state index in [1.165, 1.54) is 25.3 Å². The Morgan fingerprint density at radius 2 is 2.23 bits per heavy atom. The van der Waals surface area contributed by atoms with Crippen LogP contribution in [0.4, 0.5) is 0 Å². The second kappa shape index (κ2) is 7.21. The first-order valence-electron chi connectivity index (χ1n) is 7.33. The molecule has 0 radical (unpaired) electrons. The van der Waals surface area contributed by atoms with E-state index in [1.54, 1.807) is 6.92 Å². The topological polar surface area (TPSA) is 84.5 Å². The van der Waals surface area contributed by atoms with Crippen molar-refractivity contribution in [3.63, 3.8) is 0 Å². The molecule has 0 bridgehead atoms. The number of esters is 1. The maximum Gasteiger partial charge on any atom is 0.338 e. The maximum atomic E-state index is 12.3. The molecule has 1 heterocycles. The number of piperidine rings is 1. The number of benzene rings is 1. The van der Waals surface area contributed by atoms with Gasteiger partial charge in [-0.1, -0.05) is 0 Å². The van der Waals surface area contributed by atoms with E-state index < -0.39 is 16.0 Å². The zero-order chi connectivity index (χ0) is 16.2. The van der Waals surface area contributed by atoms with Gasteiger partial charge in [0, 0.05) is 6.54 Å². The molecule has 0 amide bonds. The van der Waals surface area contributed by atoms with Crippen molar-refractivity contribution in [1.82, 2.24) is 10.0 Å². The van der Waals surface area contributed by atoms with Crippen molar-refractivity contribution in [2.45, 2.75) is 24.7 Å². The first kappa shape index (κ1) is 16.9. The molecule has 0 saturated carbocycles. The van der Waals surface area contributed by atoms with E-state index in [0.717, 1.165) is 25.9 Å². The van der Waals surface area contributed by atoms with Crippen molar-refractivity contribution in [1.29, 1.82) is 0 Å². The minimum atomic E-state index is -3.56. The molecular formula is C15H22N2O4S. The van der Waals surface area contributed by atoms with E-state index in [9.17, 15) is 13.2 Å². The molecule has 6 nitrogen and oxygen atoms in total. The molecule has 1 atom stereocenters. The van der Waals surface area contributed by atoms with Crippen LogP contribution in [0, 0.1) is 12.8 Å². The van der Waals surface area contributed by atoms with Crippen LogP contribution in [-0.4, -0.2) is 41.1 Å². The monoisotopic (exact) mass is 326 g/mol. The van der Waals surface area contributed by atoms with Gasteiger partial charge in [-0.25, -0.2) is 17.9 Å². The van der Waals surface area contributed by atoms with Gasteiger partial charge in [0.2, 0.25) is 10.0 Å². The third-order valence-electron chi connectivity index (χ3n) is 3.87. The van der Waals surface area contributed by atoms with Gasteiger partial charge in [-0.15, -0.1) is 0 Å². The normalized spacial score (nSPS) is 18.9. The molecule has 1 aromatic carbocycles. The summed E-state index contributed by atoms with van der Waals surface area (Å²) in [6.45, 7) is 3.95. The van der Waals surface area contributed by atoms with Gasteiger partial charge in [-0.3, -0.25) is 0 Å². The smallest absolute Gasteiger partial charge is 0.338 e. The van der Waals surface area contributed by atoms with Crippen molar-refractivity contribution >= 4 is 16.0 Å². The van der Waals surface area contributed by atoms with Gasteiger partial charge in [-0.2, -0.15) is 0 Å². The Labute approximate surface area is 131 Å². The highest BCUT2D eigenvalue weighted by Gasteiger charge is 2.20. The lowest BCUT2D eigenvalue weighted by Gasteiger charge is -2.22. The predicted molar refractivity (Wildman–Crippen MR) is 83.3 cm³/mol. The average molecular weight is 326 g/mol. The Balaban J connectivity index is 2.08. The van der Waals surface area contributed by atoms with E-state index >= 15 is 0 Å². The van der Waals surface area contributed by atoms with E-state index in [4.69, 9.17) is 0 Å². The Hall–Kier alpha value is -1.44. The lowest BCUT2D eigenvalue weighted by molar-refractivity contribution is 0.0600. The van der Waals surface area contributed by atoms with Crippen LogP contribution in [0.1, 0.15) is 28.8 Å². The fourth-order valence-electron chi connectivity index (χ4n) is 2.55. The van der Waals surface area contributed by atoms with Crippen LogP contribution < -0.4 is 10.0 Å². The first-order chi connectivity index (χ1) is 10.4. The van der Waals surface area contributed by atoms with Gasteiger partial charge in [0.25, 0.3) is 0 Å². The number of nitrogens with one attached hydrogen (secondary N) is 2. The van der Waals surface area contributed by atoms with E-state index in [-0.39, 0.29) is 4.90 Å². The lowest BCUT2D eigenvalue weighted by atomic mass is 10.0. The van der Waals surface area contributed by atoms with Crippen LogP contribution in [0.5, 0.6) is 0 Å². The number of hydrogen-bond acceptors (Lipinski definition) is 5. The Morgan fingerprint density at radius 3 is 2.82 bits per heavy atom. The summed E-state index contributed by atoms with van der Waals surface area (Å²) >= 11 is 0. The highest BCUT2D eigenvalue weighted by molar-refractivity contribution is 7.89. The Bertz CT molecular complexity index is 637. The molecule has 1 fully saturated rings. The lowest BCUT2D eigenvalue weighted by Crippen LogP contribution is -2.38. The molecule has 2 rings (SSSR count). The molecule has 22 heavy (non-hydrogen) atoms. The maximum absolute atomic E-state index is 12.3. The summed E-state index contributed by atoms with van der Waals surface area (Å²) in [5, 5.41) is 3.26. The minimum Gasteiger partial charge on any atom is -0.465 e. The van der Waals surface area contributed by atoms with Gasteiger partial charge in [0.05, 0.1) is 17.6 Å². The highest BCUT2D eigenvalue weighted by Crippen LogP contribution is 2.17. The molecule has 0 aromatic heterocycles. The summed E-state index contributed by atoms with van der Waals surface area (Å²) in [4.78, 5) is 11.7. The van der Waals surface area contributed by atoms with Crippen molar-refractivity contribution in [2.75, 3.05) is 26.7 Å². The SMILES string of the molecule is COC(=O)c1ccc(S(=O)(=O)NCC2CCCNC2)cc1C. The molecule has 0 spiro atoms. The number of carbonyl (C=O) groups is 1. The van der Waals surface area contributed by atoms with Crippen molar-refractivity contribution in [3.8, 4) is 0 Å². The predicted octanol–water partition coefficient (Wildman–Crippen LogP) is 1.06. The number of hydrogen-bond donors (Lipinski definition) is 2. The van der Waals surface area contributed by atoms with Gasteiger partial charge in [0.1, 0.15) is 0 Å². The van der Waals surface area contributed by atoms with Gasteiger partial charge in [0.15, 0.2) is 0 Å². The zero-order valence-electron chi connectivity index (χ0n) is 12.9. The van der Waals surface area contributed by atoms with E-state index in [0.29, 0.717) is 23.6 Å². The van der Waals surface area contributed by atoms with Crippen LogP contribution >= 0.6 is 0 Å². The van der Waals surface area contributed by atoms with Crippen LogP contribution in [0.25, 0.3) is 0 Å². The molecule has 1 unspecified atom stereocenters. The molecule has 122 valence electrons. The van der Waals surface area contributed by atoms with Crippen LogP contribution in [0.3, 0.4) is 0 Å². The number of carbonyl (C=O) groups excluding carboxylic acids is 1. The third kappa shape index (κ3) is 4.06. The average Bonchev–Trinajstić information content (AvgIpc) is 2.53. The minimum absolute atomic E-state index is 0.168. The molecule has 1 aliphatic heterocycles. The molecule has 1 saturated heterocycles. The van der Waals surface area contributed by atoms with Crippen LogP contribution in [-0.2, 0) is 14.8 Å². The molecule has 0 aliphatic carbocycles. The standard InChI is InChI=1S/C15H22N2O4S/c1-11-8-13(5-6-14(11)15(18)21-2)22(19,20)17-10-12-4-3-7-16-9-12/h5-6,8,12,16-17H,3-4,7,9-10H2,1-2H3. The molecule has 1 aromatic rings. The fraction of sp³-hybridized carbons (Fsp3) is 0.533. The quantitative estimate of drug-likeness (QED) is 0.791. The number of methoxy groups -OCH3 is 1. The van der Waals surface area contributed by atoms with Crippen molar-refractivity contribution < 1.29 is 17.9 Å². The first-order valence-corrected chi connectivity index (χ1v) is 8.81. The summed E-state index contributed by atoms with van der Waals surface area (Å²) in [6.07, 6.45) is 2.09. The largest absolute Gasteiger partial charge is 0.465 e. The second-order valence-electron chi connectivity index (χ2n) is 5.53. The highest BCUT2D eigenvalue weighted by atomic mass is 32.2. The number of aryl methyl sites for hydroxylation is 1. The van der Waals surface area contributed by atoms with Crippen molar-refractivity contribution in [3.05, 3.63) is 29.3 Å². The number of rotatable bonds is 5. The molecule has 2 N–H and O–H groups in total. The summed E-state index contributed by atoms with van der Waals surface area (Å²) in [5.74, 6) is -0.151. The van der Waals surface area contributed by atoms with E-state index in [1.807, 2.05) is 0 Å². The van der Waals surface area contributed by atoms with Gasteiger partial charge >= 0.3 is 5.97 Å². The second-order valence-corrected chi connectivity index (χ2v) is 7.30. The fourth-order valence-corrected chi connectivity index (χ4v) is 3.75. The summed E-state index contributed by atoms with van der Waals surface area (Å²) in [5.41, 5.74) is 0.951. The number of ether oxygens (including phenoxy) is 1. The zero-order valence-corrected chi connectivity index (χ0v) is 13.7. The Kier molecular flexibility index (Phi) is 5.55. The van der Waals surface area contributed by atoms with Gasteiger partial charge in [-0.05, 0) is 62.5 Å². The number of sulfonamides is 1. The summed E-state index contributed by atoms with van der Waals surface area (Å²) in [7, 11) is -2.26. The summed E-state index contributed by atoms with van der Waals surface area (Å²) in [6, 6.07) is 4.41. The molecule has 7 heteroatoms. The Morgan fingerprint density at radius 1 is 1.45 bits per heavy atom. The van der Waals surface area contributed by atoms with Crippen LogP contribution in [0.2, 0.25) is 0 Å².